The minimum absolute atomic E-state index is 0.251. The summed E-state index contributed by atoms with van der Waals surface area (Å²) in [5, 5.41) is 1.45. The highest BCUT2D eigenvalue weighted by atomic mass is 79.9. The monoisotopic (exact) mass is 334 g/mol. The molecule has 2 nitrogen and oxygen atoms in total. The van der Waals surface area contributed by atoms with Gasteiger partial charge in [0.05, 0.1) is 11.0 Å². The summed E-state index contributed by atoms with van der Waals surface area (Å²) in [7, 11) is -2.86. The van der Waals surface area contributed by atoms with Crippen molar-refractivity contribution in [2.75, 3.05) is 16.4 Å². The Balaban J connectivity index is 4.01. The number of rotatable bonds is 6. The van der Waals surface area contributed by atoms with E-state index in [1.54, 1.807) is 13.8 Å². The molecule has 0 aromatic rings. The van der Waals surface area contributed by atoms with Gasteiger partial charge in [-0.25, -0.2) is 8.42 Å². The first kappa shape index (κ1) is 13.9. The van der Waals surface area contributed by atoms with Gasteiger partial charge in [-0.3, -0.25) is 0 Å². The van der Waals surface area contributed by atoms with E-state index < -0.39 is 9.84 Å². The summed E-state index contributed by atoms with van der Waals surface area (Å²) in [6.07, 6.45) is 0.733. The molecule has 5 heteroatoms. The number of sulfone groups is 1. The highest BCUT2D eigenvalue weighted by Crippen LogP contribution is 2.13. The number of hydrogen-bond donors (Lipinski definition) is 0. The highest BCUT2D eigenvalue weighted by molar-refractivity contribution is 9.09. The lowest BCUT2D eigenvalue weighted by atomic mass is 10.2. The molecule has 0 aliphatic heterocycles. The summed E-state index contributed by atoms with van der Waals surface area (Å²) in [4.78, 5) is 0. The second-order valence-corrected chi connectivity index (χ2v) is 7.35. The van der Waals surface area contributed by atoms with Crippen molar-refractivity contribution in [2.24, 2.45) is 5.92 Å². The third-order valence-electron chi connectivity index (χ3n) is 1.97. The first-order chi connectivity index (χ1) is 5.94. The highest BCUT2D eigenvalue weighted by Gasteiger charge is 2.17. The average molecular weight is 336 g/mol. The topological polar surface area (TPSA) is 34.1 Å². The Labute approximate surface area is 97.7 Å². The average Bonchev–Trinajstić information content (AvgIpc) is 2.06. The molecule has 0 unspecified atom stereocenters. The molecule has 0 N–H and O–H groups in total. The fourth-order valence-corrected chi connectivity index (χ4v) is 3.62. The molecular weight excluding hydrogens is 320 g/mol. The van der Waals surface area contributed by atoms with Gasteiger partial charge >= 0.3 is 0 Å². The van der Waals surface area contributed by atoms with Crippen LogP contribution in [0.2, 0.25) is 0 Å². The van der Waals surface area contributed by atoms with Crippen LogP contribution in [0.4, 0.5) is 0 Å². The van der Waals surface area contributed by atoms with Gasteiger partial charge < -0.3 is 0 Å². The minimum atomic E-state index is -2.86. The van der Waals surface area contributed by atoms with Gasteiger partial charge in [-0.05, 0) is 26.2 Å². The normalized spacial score (nSPS) is 12.8. The molecule has 0 rings (SSSR count). The molecule has 0 aliphatic rings. The number of halogens is 2. The Hall–Kier alpha value is 0.910. The van der Waals surface area contributed by atoms with Crippen LogP contribution in [0, 0.1) is 5.92 Å². The number of hydrogen-bond acceptors (Lipinski definition) is 2. The molecule has 0 bridgehead atoms. The van der Waals surface area contributed by atoms with E-state index in [-0.39, 0.29) is 5.25 Å². The van der Waals surface area contributed by atoms with Crippen LogP contribution in [0.15, 0.2) is 0 Å². The van der Waals surface area contributed by atoms with Gasteiger partial charge in [0, 0.05) is 10.7 Å². The van der Waals surface area contributed by atoms with Crippen molar-refractivity contribution < 1.29 is 8.42 Å². The van der Waals surface area contributed by atoms with E-state index >= 15 is 0 Å². The molecule has 0 aromatic carbocycles. The molecule has 0 saturated carbocycles. The van der Waals surface area contributed by atoms with E-state index in [1.165, 1.54) is 0 Å². The lowest BCUT2D eigenvalue weighted by molar-refractivity contribution is 0.572. The van der Waals surface area contributed by atoms with Crippen LogP contribution in [-0.2, 0) is 9.84 Å². The summed E-state index contributed by atoms with van der Waals surface area (Å²) in [5.74, 6) is 0.709. The SMILES string of the molecule is CC(C)S(=O)(=O)CCC(CBr)CBr. The quantitative estimate of drug-likeness (QED) is 0.699. The Morgan fingerprint density at radius 3 is 1.92 bits per heavy atom. The summed E-state index contributed by atoms with van der Waals surface area (Å²) >= 11 is 6.71. The standard InChI is InChI=1S/C8H16Br2O2S/c1-7(2)13(11,12)4-3-8(5-9)6-10/h7-8H,3-6H2,1-2H3. The lowest BCUT2D eigenvalue weighted by Crippen LogP contribution is -2.20. The maximum absolute atomic E-state index is 11.4. The molecule has 0 fully saturated rings. The third-order valence-corrected chi connectivity index (χ3v) is 6.04. The van der Waals surface area contributed by atoms with Gasteiger partial charge in [0.1, 0.15) is 0 Å². The van der Waals surface area contributed by atoms with E-state index in [2.05, 4.69) is 31.9 Å². The van der Waals surface area contributed by atoms with Crippen molar-refractivity contribution in [1.82, 2.24) is 0 Å². The van der Waals surface area contributed by atoms with E-state index in [4.69, 9.17) is 0 Å². The van der Waals surface area contributed by atoms with Crippen molar-refractivity contribution in [3.8, 4) is 0 Å². The van der Waals surface area contributed by atoms with Gasteiger partial charge in [-0.2, -0.15) is 0 Å². The molecular formula is C8H16Br2O2S. The fourth-order valence-electron chi connectivity index (χ4n) is 0.762. The Bertz CT molecular complexity index is 220. The molecule has 13 heavy (non-hydrogen) atoms. The lowest BCUT2D eigenvalue weighted by Gasteiger charge is -2.12. The molecule has 0 saturated heterocycles. The molecule has 80 valence electrons. The van der Waals surface area contributed by atoms with Crippen molar-refractivity contribution in [3.63, 3.8) is 0 Å². The van der Waals surface area contributed by atoms with Crippen molar-refractivity contribution in [2.45, 2.75) is 25.5 Å². The molecule has 0 radical (unpaired) electrons. The van der Waals surface area contributed by atoms with E-state index in [1.807, 2.05) is 0 Å². The van der Waals surface area contributed by atoms with Crippen LogP contribution in [0.1, 0.15) is 20.3 Å². The van der Waals surface area contributed by atoms with Crippen molar-refractivity contribution >= 4 is 41.7 Å². The second kappa shape index (κ2) is 6.40. The predicted molar refractivity (Wildman–Crippen MR) is 64.6 cm³/mol. The molecule has 0 aliphatic carbocycles. The molecule has 0 amide bonds. The van der Waals surface area contributed by atoms with Crippen LogP contribution in [0.3, 0.4) is 0 Å². The van der Waals surface area contributed by atoms with E-state index in [0.717, 1.165) is 17.1 Å². The zero-order valence-corrected chi connectivity index (χ0v) is 12.0. The van der Waals surface area contributed by atoms with Gasteiger partial charge in [0.2, 0.25) is 0 Å². The summed E-state index contributed by atoms with van der Waals surface area (Å²) in [5.41, 5.74) is 0. The van der Waals surface area contributed by atoms with Crippen LogP contribution >= 0.6 is 31.9 Å². The zero-order chi connectivity index (χ0) is 10.5. The molecule has 0 atom stereocenters. The third kappa shape index (κ3) is 5.37. The zero-order valence-electron chi connectivity index (χ0n) is 7.96. The number of alkyl halides is 2. The van der Waals surface area contributed by atoms with Gasteiger partial charge in [-0.15, -0.1) is 0 Å². The largest absolute Gasteiger partial charge is 0.229 e. The maximum atomic E-state index is 11.4. The van der Waals surface area contributed by atoms with Gasteiger partial charge in [0.25, 0.3) is 0 Å². The van der Waals surface area contributed by atoms with Crippen LogP contribution in [0.5, 0.6) is 0 Å². The Morgan fingerprint density at radius 2 is 1.62 bits per heavy atom. The van der Waals surface area contributed by atoms with Crippen LogP contribution in [0.25, 0.3) is 0 Å². The predicted octanol–water partition coefficient (Wildman–Crippen LogP) is 2.61. The Morgan fingerprint density at radius 1 is 1.15 bits per heavy atom. The molecule has 0 aromatic heterocycles. The van der Waals surface area contributed by atoms with Crippen molar-refractivity contribution in [3.05, 3.63) is 0 Å². The summed E-state index contributed by atoms with van der Waals surface area (Å²) in [6, 6.07) is 0. The fraction of sp³-hybridized carbons (Fsp3) is 1.00. The van der Waals surface area contributed by atoms with Gasteiger partial charge in [-0.1, -0.05) is 31.9 Å². The first-order valence-corrected chi connectivity index (χ1v) is 8.23. The minimum Gasteiger partial charge on any atom is -0.229 e. The van der Waals surface area contributed by atoms with E-state index in [9.17, 15) is 8.42 Å². The van der Waals surface area contributed by atoms with E-state index in [0.29, 0.717) is 11.7 Å². The summed E-state index contributed by atoms with van der Waals surface area (Å²) in [6.45, 7) is 3.46. The molecule has 0 spiro atoms. The summed E-state index contributed by atoms with van der Waals surface area (Å²) < 4.78 is 22.9. The van der Waals surface area contributed by atoms with Crippen LogP contribution in [-0.4, -0.2) is 30.1 Å². The van der Waals surface area contributed by atoms with Crippen LogP contribution < -0.4 is 0 Å². The maximum Gasteiger partial charge on any atom is 0.152 e. The second-order valence-electron chi connectivity index (χ2n) is 3.38. The Kier molecular flexibility index (Phi) is 6.85. The molecule has 0 heterocycles. The smallest absolute Gasteiger partial charge is 0.152 e. The van der Waals surface area contributed by atoms with Crippen molar-refractivity contribution in [1.29, 1.82) is 0 Å². The van der Waals surface area contributed by atoms with Gasteiger partial charge in [0.15, 0.2) is 9.84 Å². The first-order valence-electron chi connectivity index (χ1n) is 4.27.